The minimum absolute atomic E-state index is 0.281. The summed E-state index contributed by atoms with van der Waals surface area (Å²) in [6, 6.07) is 7.37. The largest absolute Gasteiger partial charge is 0.467 e. The molecule has 1 aromatic rings. The first-order valence-corrected chi connectivity index (χ1v) is 6.38. The van der Waals surface area contributed by atoms with Crippen molar-refractivity contribution in [2.45, 2.75) is 32.7 Å². The highest BCUT2D eigenvalue weighted by atomic mass is 35.5. The summed E-state index contributed by atoms with van der Waals surface area (Å²) in [4.78, 5) is 12.0. The lowest BCUT2D eigenvalue weighted by atomic mass is 9.90. The first-order valence-electron chi connectivity index (χ1n) is 6.00. The van der Waals surface area contributed by atoms with Gasteiger partial charge in [-0.05, 0) is 31.4 Å². The molecule has 4 heteroatoms. The Morgan fingerprint density at radius 1 is 1.44 bits per heavy atom. The second kappa shape index (κ2) is 6.10. The van der Waals surface area contributed by atoms with Crippen LogP contribution >= 0.6 is 11.6 Å². The van der Waals surface area contributed by atoms with Gasteiger partial charge in [-0.2, -0.15) is 0 Å². The second-order valence-corrected chi connectivity index (χ2v) is 5.43. The minimum atomic E-state index is -0.770. The van der Waals surface area contributed by atoms with Crippen molar-refractivity contribution in [3.63, 3.8) is 0 Å². The van der Waals surface area contributed by atoms with Gasteiger partial charge in [-0.15, -0.1) is 0 Å². The summed E-state index contributed by atoms with van der Waals surface area (Å²) in [5, 5.41) is 3.79. The molecule has 18 heavy (non-hydrogen) atoms. The molecule has 0 heterocycles. The molecule has 0 bridgehead atoms. The van der Waals surface area contributed by atoms with E-state index in [1.165, 1.54) is 7.11 Å². The normalized spacial score (nSPS) is 14.1. The van der Waals surface area contributed by atoms with Crippen LogP contribution in [0.3, 0.4) is 0 Å². The van der Waals surface area contributed by atoms with Crippen LogP contribution in [-0.4, -0.2) is 18.6 Å². The fraction of sp³-hybridized carbons (Fsp3) is 0.500. The van der Waals surface area contributed by atoms with E-state index in [0.29, 0.717) is 17.4 Å². The predicted molar refractivity (Wildman–Crippen MR) is 75.0 cm³/mol. The van der Waals surface area contributed by atoms with Crippen molar-refractivity contribution in [1.29, 1.82) is 0 Å². The van der Waals surface area contributed by atoms with Crippen molar-refractivity contribution in [3.05, 3.63) is 29.3 Å². The van der Waals surface area contributed by atoms with Gasteiger partial charge in [0.25, 0.3) is 0 Å². The third kappa shape index (κ3) is 3.64. The highest BCUT2D eigenvalue weighted by Crippen LogP contribution is 2.28. The lowest BCUT2D eigenvalue weighted by Gasteiger charge is -2.31. The lowest BCUT2D eigenvalue weighted by molar-refractivity contribution is -0.146. The summed E-state index contributed by atoms with van der Waals surface area (Å²) in [6.07, 6.45) is 0.672. The third-order valence-corrected chi connectivity index (χ3v) is 3.07. The fourth-order valence-corrected chi connectivity index (χ4v) is 2.27. The maximum absolute atomic E-state index is 12.0. The molecule has 0 amide bonds. The SMILES string of the molecule is COC(=O)C(C)(CC(C)C)Nc1ccccc1Cl. The number of halogens is 1. The molecular formula is C14H20ClNO2. The monoisotopic (exact) mass is 269 g/mol. The Labute approximate surface area is 113 Å². The zero-order valence-electron chi connectivity index (χ0n) is 11.3. The van der Waals surface area contributed by atoms with E-state index in [-0.39, 0.29) is 5.97 Å². The number of carbonyl (C=O) groups is 1. The summed E-state index contributed by atoms with van der Waals surface area (Å²) < 4.78 is 4.88. The number of methoxy groups -OCH3 is 1. The Morgan fingerprint density at radius 3 is 2.56 bits per heavy atom. The molecule has 3 nitrogen and oxygen atoms in total. The van der Waals surface area contributed by atoms with Crippen LogP contribution in [0.4, 0.5) is 5.69 Å². The smallest absolute Gasteiger partial charge is 0.331 e. The number of carbonyl (C=O) groups excluding carboxylic acids is 1. The molecule has 0 aliphatic heterocycles. The highest BCUT2D eigenvalue weighted by molar-refractivity contribution is 6.33. The number of anilines is 1. The van der Waals surface area contributed by atoms with Crippen LogP contribution in [0.15, 0.2) is 24.3 Å². The Balaban J connectivity index is 2.99. The fourth-order valence-electron chi connectivity index (χ4n) is 2.09. The average molecular weight is 270 g/mol. The van der Waals surface area contributed by atoms with Gasteiger partial charge in [0, 0.05) is 0 Å². The molecule has 1 rings (SSSR count). The van der Waals surface area contributed by atoms with Crippen LogP contribution in [0.25, 0.3) is 0 Å². The molecule has 1 N–H and O–H groups in total. The van der Waals surface area contributed by atoms with Crippen LogP contribution < -0.4 is 5.32 Å². The quantitative estimate of drug-likeness (QED) is 0.828. The van der Waals surface area contributed by atoms with Gasteiger partial charge in [-0.25, -0.2) is 4.79 Å². The van der Waals surface area contributed by atoms with E-state index in [9.17, 15) is 4.79 Å². The summed E-state index contributed by atoms with van der Waals surface area (Å²) in [6.45, 7) is 5.97. The second-order valence-electron chi connectivity index (χ2n) is 5.03. The van der Waals surface area contributed by atoms with Gasteiger partial charge in [-0.3, -0.25) is 0 Å². The predicted octanol–water partition coefficient (Wildman–Crippen LogP) is 3.73. The molecule has 0 fully saturated rings. The molecular weight excluding hydrogens is 250 g/mol. The molecule has 0 aliphatic carbocycles. The number of benzene rings is 1. The van der Waals surface area contributed by atoms with Crippen LogP contribution in [0.5, 0.6) is 0 Å². The first-order chi connectivity index (χ1) is 8.39. The maximum Gasteiger partial charge on any atom is 0.331 e. The summed E-state index contributed by atoms with van der Waals surface area (Å²) in [5.74, 6) is 0.0835. The van der Waals surface area contributed by atoms with Gasteiger partial charge in [0.05, 0.1) is 17.8 Å². The third-order valence-electron chi connectivity index (χ3n) is 2.74. The number of hydrogen-bond acceptors (Lipinski definition) is 3. The van der Waals surface area contributed by atoms with Crippen molar-refractivity contribution >= 4 is 23.3 Å². The molecule has 1 unspecified atom stereocenters. The zero-order valence-corrected chi connectivity index (χ0v) is 12.0. The van der Waals surface area contributed by atoms with Crippen LogP contribution in [-0.2, 0) is 9.53 Å². The van der Waals surface area contributed by atoms with Gasteiger partial charge in [0.1, 0.15) is 5.54 Å². The van der Waals surface area contributed by atoms with E-state index >= 15 is 0 Å². The van der Waals surface area contributed by atoms with Crippen LogP contribution in [0.1, 0.15) is 27.2 Å². The Morgan fingerprint density at radius 2 is 2.06 bits per heavy atom. The van der Waals surface area contributed by atoms with Crippen LogP contribution in [0.2, 0.25) is 5.02 Å². The Bertz CT molecular complexity index is 420. The van der Waals surface area contributed by atoms with E-state index < -0.39 is 5.54 Å². The lowest BCUT2D eigenvalue weighted by Crippen LogP contribution is -2.45. The number of rotatable bonds is 5. The first kappa shape index (κ1) is 14.8. The zero-order chi connectivity index (χ0) is 13.8. The van der Waals surface area contributed by atoms with E-state index in [0.717, 1.165) is 5.69 Å². The molecule has 0 aromatic heterocycles. The molecule has 0 aliphatic rings. The standard InChI is InChI=1S/C14H20ClNO2/c1-10(2)9-14(3,13(17)18-4)16-12-8-6-5-7-11(12)15/h5-8,10,16H,9H2,1-4H3. The number of para-hydroxylation sites is 1. The van der Waals surface area contributed by atoms with E-state index in [2.05, 4.69) is 19.2 Å². The Kier molecular flexibility index (Phi) is 5.03. The number of esters is 1. The minimum Gasteiger partial charge on any atom is -0.467 e. The average Bonchev–Trinajstić information content (AvgIpc) is 2.30. The van der Waals surface area contributed by atoms with Gasteiger partial charge in [0.2, 0.25) is 0 Å². The van der Waals surface area contributed by atoms with E-state index in [4.69, 9.17) is 16.3 Å². The molecule has 0 radical (unpaired) electrons. The van der Waals surface area contributed by atoms with Gasteiger partial charge < -0.3 is 10.1 Å². The van der Waals surface area contributed by atoms with Crippen molar-refractivity contribution in [3.8, 4) is 0 Å². The molecule has 1 aromatic carbocycles. The molecule has 0 saturated heterocycles. The van der Waals surface area contributed by atoms with Crippen molar-refractivity contribution in [2.75, 3.05) is 12.4 Å². The molecule has 0 saturated carbocycles. The number of hydrogen-bond donors (Lipinski definition) is 1. The van der Waals surface area contributed by atoms with Crippen LogP contribution in [0, 0.1) is 5.92 Å². The summed E-state index contributed by atoms with van der Waals surface area (Å²) >= 11 is 6.10. The van der Waals surface area contributed by atoms with Gasteiger partial charge in [0.15, 0.2) is 0 Å². The van der Waals surface area contributed by atoms with Crippen molar-refractivity contribution in [1.82, 2.24) is 0 Å². The summed E-state index contributed by atoms with van der Waals surface area (Å²) in [7, 11) is 1.40. The van der Waals surface area contributed by atoms with E-state index in [1.807, 2.05) is 25.1 Å². The van der Waals surface area contributed by atoms with Crippen molar-refractivity contribution in [2.24, 2.45) is 5.92 Å². The van der Waals surface area contributed by atoms with Gasteiger partial charge >= 0.3 is 5.97 Å². The molecule has 1 atom stereocenters. The number of nitrogens with one attached hydrogen (secondary N) is 1. The summed E-state index contributed by atoms with van der Waals surface area (Å²) in [5.41, 5.74) is -0.0267. The number of ether oxygens (including phenoxy) is 1. The van der Waals surface area contributed by atoms with E-state index in [1.54, 1.807) is 6.07 Å². The molecule has 100 valence electrons. The maximum atomic E-state index is 12.0. The van der Waals surface area contributed by atoms with Gasteiger partial charge in [-0.1, -0.05) is 37.6 Å². The topological polar surface area (TPSA) is 38.3 Å². The molecule has 0 spiro atoms. The Hall–Kier alpha value is -1.22. The highest BCUT2D eigenvalue weighted by Gasteiger charge is 2.35. The van der Waals surface area contributed by atoms with Crippen molar-refractivity contribution < 1.29 is 9.53 Å².